The molecule has 0 unspecified atom stereocenters. The van der Waals surface area contributed by atoms with Crippen molar-refractivity contribution in [2.75, 3.05) is 39.6 Å². The van der Waals surface area contributed by atoms with Crippen molar-refractivity contribution >= 4 is 0 Å². The molecule has 0 aromatic rings. The molecule has 0 aromatic heterocycles. The number of fused-ring (bicyclic) bond motifs is 2. The molecule has 24 nitrogen and oxygen atoms in total. The van der Waals surface area contributed by atoms with Gasteiger partial charge in [0, 0.05) is 0 Å². The Kier molecular flexibility index (Phi) is 14.1. The molecular formula is C30H50O24. The van der Waals surface area contributed by atoms with E-state index in [1.807, 2.05) is 0 Å². The number of aliphatic hydroxyl groups is 14. The van der Waals surface area contributed by atoms with Gasteiger partial charge in [-0.1, -0.05) is 0 Å². The van der Waals surface area contributed by atoms with Crippen LogP contribution in [-0.2, 0) is 47.4 Å². The van der Waals surface area contributed by atoms with Gasteiger partial charge in [-0.25, -0.2) is 0 Å². The highest BCUT2D eigenvalue weighted by Gasteiger charge is 2.65. The summed E-state index contributed by atoms with van der Waals surface area (Å²) in [5.74, 6) is 0. The second-order valence-corrected chi connectivity index (χ2v) is 13.9. The summed E-state index contributed by atoms with van der Waals surface area (Å²) < 4.78 is 57.4. The van der Waals surface area contributed by atoms with Crippen LogP contribution in [0.15, 0.2) is 0 Å². The summed E-state index contributed by atoms with van der Waals surface area (Å²) in [6.45, 7) is -4.70. The minimum absolute atomic E-state index is 0.624. The first-order chi connectivity index (χ1) is 25.8. The number of aliphatic hydroxyl groups excluding tert-OH is 14. The molecule has 6 aliphatic heterocycles. The molecule has 0 spiro atoms. The van der Waals surface area contributed by atoms with Crippen molar-refractivity contribution in [2.45, 2.75) is 147 Å². The molecular weight excluding hydrogens is 744 g/mol. The lowest BCUT2D eigenvalue weighted by Gasteiger charge is -2.45. The third kappa shape index (κ3) is 8.44. The third-order valence-corrected chi connectivity index (χ3v) is 10.3. The average Bonchev–Trinajstić information content (AvgIpc) is 4.12. The number of rotatable bonds is 17. The molecule has 24 atom stereocenters. The molecule has 314 valence electrons. The predicted molar refractivity (Wildman–Crippen MR) is 162 cm³/mol. The summed E-state index contributed by atoms with van der Waals surface area (Å²) in [6.07, 6.45) is -33.9. The molecule has 0 aromatic carbocycles. The Hall–Kier alpha value is -0.960. The van der Waals surface area contributed by atoms with E-state index in [0.717, 1.165) is 0 Å². The lowest BCUT2D eigenvalue weighted by Crippen LogP contribution is -2.63. The van der Waals surface area contributed by atoms with E-state index in [2.05, 4.69) is 0 Å². The Bertz CT molecular complexity index is 1190. The molecule has 6 saturated heterocycles. The molecule has 0 radical (unpaired) electrons. The van der Waals surface area contributed by atoms with E-state index in [-0.39, 0.29) is 0 Å². The van der Waals surface area contributed by atoms with E-state index >= 15 is 0 Å². The molecule has 14 N–H and O–H groups in total. The van der Waals surface area contributed by atoms with Crippen LogP contribution in [0.3, 0.4) is 0 Å². The van der Waals surface area contributed by atoms with E-state index in [4.69, 9.17) is 47.4 Å². The zero-order valence-corrected chi connectivity index (χ0v) is 28.4. The van der Waals surface area contributed by atoms with Gasteiger partial charge < -0.3 is 119 Å². The summed E-state index contributed by atoms with van der Waals surface area (Å²) in [5, 5.41) is 141. The van der Waals surface area contributed by atoms with Gasteiger partial charge in [-0.05, 0) is 0 Å². The summed E-state index contributed by atoms with van der Waals surface area (Å²) in [7, 11) is 0. The topological polar surface area (TPSA) is 382 Å². The first-order valence-electron chi connectivity index (χ1n) is 17.5. The van der Waals surface area contributed by atoms with Gasteiger partial charge in [0.25, 0.3) is 0 Å². The van der Waals surface area contributed by atoms with Gasteiger partial charge in [-0.15, -0.1) is 0 Å². The predicted octanol–water partition coefficient (Wildman–Crippen LogP) is -10.2. The lowest BCUT2D eigenvalue weighted by atomic mass is 9.97. The largest absolute Gasteiger partial charge is 0.394 e. The minimum atomic E-state index is -1.98. The molecule has 0 bridgehead atoms. The fraction of sp³-hybridized carbons (Fsp3) is 1.00. The fourth-order valence-electron chi connectivity index (χ4n) is 7.12. The third-order valence-electron chi connectivity index (χ3n) is 10.3. The van der Waals surface area contributed by atoms with Crippen LogP contribution >= 0.6 is 0 Å². The summed E-state index contributed by atoms with van der Waals surface area (Å²) in [6, 6.07) is 0. The van der Waals surface area contributed by atoms with Gasteiger partial charge >= 0.3 is 0 Å². The molecule has 6 rings (SSSR count). The Morgan fingerprint density at radius 1 is 0.407 bits per heavy atom. The van der Waals surface area contributed by atoms with Crippen LogP contribution in [0.25, 0.3) is 0 Å². The van der Waals surface area contributed by atoms with Crippen molar-refractivity contribution < 1.29 is 119 Å². The molecule has 6 heterocycles. The summed E-state index contributed by atoms with van der Waals surface area (Å²) in [5.41, 5.74) is 0. The SMILES string of the molecule is OC[C@@H](O)[C@@H](O[C@H]1O[C@H](CO)[C@@H](O[C@H]2O[C@H](CO)[C@@H](O[C@H]3O[C@H](CO)[C@@H](O[C@H]4O[C@H](CO)[C@@H](O)[C@H](O)[C@H]4O)[C@@H]4O[C@H]34)[C@@H]3O[C@H]23)[C@H](O)[C@H]1O)[C@H](O)[C@@H](O)CO. The van der Waals surface area contributed by atoms with Gasteiger partial charge in [0.05, 0.1) is 39.6 Å². The first kappa shape index (κ1) is 42.6. The van der Waals surface area contributed by atoms with Crippen LogP contribution in [0.2, 0.25) is 0 Å². The maximum atomic E-state index is 11.0. The summed E-state index contributed by atoms with van der Waals surface area (Å²) in [4.78, 5) is 0. The van der Waals surface area contributed by atoms with E-state index in [0.29, 0.717) is 0 Å². The Balaban J connectivity index is 1.05. The van der Waals surface area contributed by atoms with Gasteiger partial charge in [0.1, 0.15) is 122 Å². The van der Waals surface area contributed by atoms with Crippen LogP contribution in [0.1, 0.15) is 0 Å². The van der Waals surface area contributed by atoms with E-state index in [9.17, 15) is 71.5 Å². The normalized spacial score (nSPS) is 49.7. The Morgan fingerprint density at radius 2 is 0.833 bits per heavy atom. The zero-order chi connectivity index (χ0) is 39.2. The first-order valence-corrected chi connectivity index (χ1v) is 17.5. The molecule has 0 amide bonds. The molecule has 6 fully saturated rings. The van der Waals surface area contributed by atoms with E-state index in [1.165, 1.54) is 0 Å². The van der Waals surface area contributed by atoms with Crippen molar-refractivity contribution in [3.05, 3.63) is 0 Å². The van der Waals surface area contributed by atoms with E-state index in [1.54, 1.807) is 0 Å². The van der Waals surface area contributed by atoms with Gasteiger partial charge in [-0.3, -0.25) is 0 Å². The van der Waals surface area contributed by atoms with Gasteiger partial charge in [0.2, 0.25) is 0 Å². The van der Waals surface area contributed by atoms with Crippen LogP contribution < -0.4 is 0 Å². The fourth-order valence-corrected chi connectivity index (χ4v) is 7.12. The van der Waals surface area contributed by atoms with Crippen LogP contribution in [0.5, 0.6) is 0 Å². The maximum Gasteiger partial charge on any atom is 0.187 e. The van der Waals surface area contributed by atoms with Crippen LogP contribution in [-0.4, -0.2) is 258 Å². The van der Waals surface area contributed by atoms with Crippen molar-refractivity contribution in [1.29, 1.82) is 0 Å². The van der Waals surface area contributed by atoms with Gasteiger partial charge in [-0.2, -0.15) is 0 Å². The Morgan fingerprint density at radius 3 is 1.33 bits per heavy atom. The Labute approximate surface area is 306 Å². The lowest BCUT2D eigenvalue weighted by molar-refractivity contribution is -0.354. The van der Waals surface area contributed by atoms with Crippen molar-refractivity contribution in [3.8, 4) is 0 Å². The van der Waals surface area contributed by atoms with Crippen LogP contribution in [0, 0.1) is 0 Å². The highest BCUT2D eigenvalue weighted by molar-refractivity contribution is 5.07. The summed E-state index contributed by atoms with van der Waals surface area (Å²) >= 11 is 0. The zero-order valence-electron chi connectivity index (χ0n) is 28.4. The molecule has 24 heteroatoms. The number of epoxide rings is 2. The average molecular weight is 795 g/mol. The number of hydrogen-bond acceptors (Lipinski definition) is 24. The van der Waals surface area contributed by atoms with Crippen LogP contribution in [0.4, 0.5) is 0 Å². The van der Waals surface area contributed by atoms with Crippen molar-refractivity contribution in [2.24, 2.45) is 0 Å². The van der Waals surface area contributed by atoms with Gasteiger partial charge in [0.15, 0.2) is 25.2 Å². The molecule has 0 saturated carbocycles. The molecule has 54 heavy (non-hydrogen) atoms. The number of hydrogen-bond donors (Lipinski definition) is 14. The highest BCUT2D eigenvalue weighted by Crippen LogP contribution is 2.45. The maximum absolute atomic E-state index is 11.0. The quantitative estimate of drug-likeness (QED) is 0.0608. The smallest absolute Gasteiger partial charge is 0.187 e. The standard InChI is InChI=1S/C30H50O24/c31-1-7(37)13(39)19(8(38)2-32)51-28-18(44)16(42)20(10(4-34)46-28)52-29-25-24(50-25)22(12(6-36)47-29)54-30-26-23(49-26)21(11(5-35)48-30)53-27-17(43)15(41)14(40)9(3-33)45-27/h7-44H,1-6H2/t7-,8+,9+,10+,11+,12+,13+,14+,15-,16+,17+,18+,19+,20+,21+,22+,23-,24-,25-,26-,27+,28+,29+,30+/m0/s1. The second kappa shape index (κ2) is 17.9. The number of ether oxygens (including phenoxy) is 10. The molecule has 0 aliphatic carbocycles. The van der Waals surface area contributed by atoms with Crippen molar-refractivity contribution in [1.82, 2.24) is 0 Å². The minimum Gasteiger partial charge on any atom is -0.394 e. The van der Waals surface area contributed by atoms with Crippen molar-refractivity contribution in [3.63, 3.8) is 0 Å². The monoisotopic (exact) mass is 794 g/mol. The highest BCUT2D eigenvalue weighted by atomic mass is 16.8. The van der Waals surface area contributed by atoms with E-state index < -0.39 is 187 Å². The molecule has 6 aliphatic rings. The second-order valence-electron chi connectivity index (χ2n) is 13.9.